The zero-order chi connectivity index (χ0) is 17.5. The van der Waals surface area contributed by atoms with Crippen molar-refractivity contribution in [2.75, 3.05) is 7.11 Å². The SMILES string of the molecule is CC[C@H](NC(=O)[C@@H](C)Sc1ccc(Cl)cc1)c1ccc(OC)cc1. The molecule has 2 rings (SSSR count). The zero-order valence-corrected chi connectivity index (χ0v) is 15.7. The van der Waals surface area contributed by atoms with Gasteiger partial charge < -0.3 is 10.1 Å². The number of hydrogen-bond donors (Lipinski definition) is 1. The van der Waals surface area contributed by atoms with Crippen LogP contribution in [-0.4, -0.2) is 18.3 Å². The molecule has 0 saturated heterocycles. The number of amides is 1. The number of hydrogen-bond acceptors (Lipinski definition) is 3. The van der Waals surface area contributed by atoms with E-state index >= 15 is 0 Å². The first-order chi connectivity index (χ1) is 11.5. The summed E-state index contributed by atoms with van der Waals surface area (Å²) < 4.78 is 5.18. The van der Waals surface area contributed by atoms with Crippen molar-refractivity contribution in [3.63, 3.8) is 0 Å². The van der Waals surface area contributed by atoms with Gasteiger partial charge in [-0.05, 0) is 55.3 Å². The molecule has 0 aromatic heterocycles. The molecule has 1 amide bonds. The van der Waals surface area contributed by atoms with E-state index in [1.54, 1.807) is 7.11 Å². The van der Waals surface area contributed by atoms with Crippen LogP contribution < -0.4 is 10.1 Å². The number of carbonyl (C=O) groups is 1. The van der Waals surface area contributed by atoms with Crippen molar-refractivity contribution >= 4 is 29.3 Å². The van der Waals surface area contributed by atoms with E-state index in [9.17, 15) is 4.79 Å². The standard InChI is InChI=1S/C19H22ClNO2S/c1-4-18(14-5-9-16(23-3)10-6-14)21-19(22)13(2)24-17-11-7-15(20)8-12-17/h5-13,18H,4H2,1-3H3,(H,21,22)/t13-,18+/m1/s1. The van der Waals surface area contributed by atoms with Crippen LogP contribution in [0.3, 0.4) is 0 Å². The number of rotatable bonds is 7. The van der Waals surface area contributed by atoms with E-state index in [0.717, 1.165) is 22.6 Å². The lowest BCUT2D eigenvalue weighted by Gasteiger charge is -2.20. The highest BCUT2D eigenvalue weighted by Crippen LogP contribution is 2.26. The van der Waals surface area contributed by atoms with Gasteiger partial charge in [-0.2, -0.15) is 0 Å². The van der Waals surface area contributed by atoms with Crippen molar-refractivity contribution in [3.05, 3.63) is 59.1 Å². The number of methoxy groups -OCH3 is 1. The van der Waals surface area contributed by atoms with Crippen LogP contribution >= 0.6 is 23.4 Å². The molecule has 0 spiro atoms. The summed E-state index contributed by atoms with van der Waals surface area (Å²) >= 11 is 7.41. The molecule has 0 aliphatic rings. The van der Waals surface area contributed by atoms with E-state index in [1.165, 1.54) is 11.8 Å². The van der Waals surface area contributed by atoms with Crippen molar-refractivity contribution in [1.29, 1.82) is 0 Å². The average Bonchev–Trinajstić information content (AvgIpc) is 2.61. The van der Waals surface area contributed by atoms with E-state index in [-0.39, 0.29) is 17.2 Å². The summed E-state index contributed by atoms with van der Waals surface area (Å²) in [6.07, 6.45) is 0.830. The summed E-state index contributed by atoms with van der Waals surface area (Å²) in [5, 5.41) is 3.64. The second-order valence-corrected chi connectivity index (χ2v) is 7.31. The molecule has 2 aromatic rings. The summed E-state index contributed by atoms with van der Waals surface area (Å²) in [4.78, 5) is 13.5. The van der Waals surface area contributed by atoms with Gasteiger partial charge in [-0.1, -0.05) is 30.7 Å². The van der Waals surface area contributed by atoms with Gasteiger partial charge in [0.2, 0.25) is 5.91 Å². The normalized spacial score (nSPS) is 13.2. The van der Waals surface area contributed by atoms with Gasteiger partial charge in [0, 0.05) is 9.92 Å². The second-order valence-electron chi connectivity index (χ2n) is 5.46. The van der Waals surface area contributed by atoms with Gasteiger partial charge in [0.25, 0.3) is 0 Å². The smallest absolute Gasteiger partial charge is 0.233 e. The number of benzene rings is 2. The Labute approximate surface area is 152 Å². The Balaban J connectivity index is 1.98. The van der Waals surface area contributed by atoms with E-state index < -0.39 is 0 Å². The van der Waals surface area contributed by atoms with Crippen LogP contribution in [0.2, 0.25) is 5.02 Å². The lowest BCUT2D eigenvalue weighted by molar-refractivity contribution is -0.121. The summed E-state index contributed by atoms with van der Waals surface area (Å²) in [7, 11) is 1.64. The fraction of sp³-hybridized carbons (Fsp3) is 0.316. The molecule has 24 heavy (non-hydrogen) atoms. The molecule has 0 fully saturated rings. The third-order valence-electron chi connectivity index (χ3n) is 3.74. The monoisotopic (exact) mass is 363 g/mol. The fourth-order valence-electron chi connectivity index (χ4n) is 2.32. The van der Waals surface area contributed by atoms with Crippen molar-refractivity contribution in [2.45, 2.75) is 36.5 Å². The summed E-state index contributed by atoms with van der Waals surface area (Å²) in [5.41, 5.74) is 1.08. The Morgan fingerprint density at radius 3 is 2.33 bits per heavy atom. The average molecular weight is 364 g/mol. The Kier molecular flexibility index (Phi) is 7.00. The number of halogens is 1. The second kappa shape index (κ2) is 9.00. The molecule has 0 heterocycles. The van der Waals surface area contributed by atoms with Gasteiger partial charge in [0.15, 0.2) is 0 Å². The first-order valence-electron chi connectivity index (χ1n) is 7.90. The van der Waals surface area contributed by atoms with Crippen molar-refractivity contribution in [2.24, 2.45) is 0 Å². The van der Waals surface area contributed by atoms with Gasteiger partial charge in [-0.25, -0.2) is 0 Å². The summed E-state index contributed by atoms with van der Waals surface area (Å²) in [5.74, 6) is 0.837. The Bertz CT molecular complexity index is 658. The molecule has 0 unspecified atom stereocenters. The molecule has 0 aliphatic heterocycles. The van der Waals surface area contributed by atoms with E-state index in [2.05, 4.69) is 12.2 Å². The highest BCUT2D eigenvalue weighted by atomic mass is 35.5. The predicted octanol–water partition coefficient (Wildman–Crippen LogP) is 5.10. The van der Waals surface area contributed by atoms with Crippen LogP contribution in [0.5, 0.6) is 5.75 Å². The highest BCUT2D eigenvalue weighted by Gasteiger charge is 2.19. The minimum atomic E-state index is -0.182. The largest absolute Gasteiger partial charge is 0.497 e. The minimum absolute atomic E-state index is 0.00308. The van der Waals surface area contributed by atoms with Gasteiger partial charge in [0.1, 0.15) is 5.75 Å². The molecule has 1 N–H and O–H groups in total. The molecule has 3 nitrogen and oxygen atoms in total. The molecule has 5 heteroatoms. The van der Waals surface area contributed by atoms with Crippen molar-refractivity contribution in [3.8, 4) is 5.75 Å². The lowest BCUT2D eigenvalue weighted by Crippen LogP contribution is -2.34. The van der Waals surface area contributed by atoms with Gasteiger partial charge in [-0.15, -0.1) is 11.8 Å². The van der Waals surface area contributed by atoms with Gasteiger partial charge in [-0.3, -0.25) is 4.79 Å². The molecule has 2 atom stereocenters. The molecule has 0 aliphatic carbocycles. The maximum atomic E-state index is 12.5. The maximum Gasteiger partial charge on any atom is 0.233 e. The summed E-state index contributed by atoms with van der Waals surface area (Å²) in [6, 6.07) is 15.3. The Hall–Kier alpha value is -1.65. The molecule has 128 valence electrons. The van der Waals surface area contributed by atoms with Crippen LogP contribution in [0, 0.1) is 0 Å². The quantitative estimate of drug-likeness (QED) is 0.696. The summed E-state index contributed by atoms with van der Waals surface area (Å²) in [6.45, 7) is 3.97. The predicted molar refractivity (Wildman–Crippen MR) is 101 cm³/mol. The third-order valence-corrected chi connectivity index (χ3v) is 5.10. The first kappa shape index (κ1) is 18.7. The first-order valence-corrected chi connectivity index (χ1v) is 9.15. The van der Waals surface area contributed by atoms with Crippen LogP contribution in [0.25, 0.3) is 0 Å². The van der Waals surface area contributed by atoms with E-state index in [0.29, 0.717) is 5.02 Å². The van der Waals surface area contributed by atoms with E-state index in [4.69, 9.17) is 16.3 Å². The molecule has 0 saturated carbocycles. The molecular weight excluding hydrogens is 342 g/mol. The Morgan fingerprint density at radius 1 is 1.17 bits per heavy atom. The molecule has 0 bridgehead atoms. The van der Waals surface area contributed by atoms with Crippen LogP contribution in [0.4, 0.5) is 0 Å². The lowest BCUT2D eigenvalue weighted by atomic mass is 10.0. The van der Waals surface area contributed by atoms with Crippen LogP contribution in [0.1, 0.15) is 31.9 Å². The third kappa shape index (κ3) is 5.18. The maximum absolute atomic E-state index is 12.5. The fourth-order valence-corrected chi connectivity index (χ4v) is 3.32. The topological polar surface area (TPSA) is 38.3 Å². The molecule has 2 aromatic carbocycles. The van der Waals surface area contributed by atoms with Crippen molar-refractivity contribution < 1.29 is 9.53 Å². The molecular formula is C19H22ClNO2S. The van der Waals surface area contributed by atoms with Gasteiger partial charge >= 0.3 is 0 Å². The number of ether oxygens (including phenoxy) is 1. The number of thioether (sulfide) groups is 1. The van der Waals surface area contributed by atoms with Gasteiger partial charge in [0.05, 0.1) is 18.4 Å². The minimum Gasteiger partial charge on any atom is -0.497 e. The number of nitrogens with one attached hydrogen (secondary N) is 1. The highest BCUT2D eigenvalue weighted by molar-refractivity contribution is 8.00. The number of carbonyl (C=O) groups excluding carboxylic acids is 1. The van der Waals surface area contributed by atoms with Crippen LogP contribution in [0.15, 0.2) is 53.4 Å². The van der Waals surface area contributed by atoms with Crippen molar-refractivity contribution in [1.82, 2.24) is 5.32 Å². The molecule has 0 radical (unpaired) electrons. The van der Waals surface area contributed by atoms with E-state index in [1.807, 2.05) is 55.5 Å². The van der Waals surface area contributed by atoms with Crippen LogP contribution in [-0.2, 0) is 4.79 Å². The Morgan fingerprint density at radius 2 is 1.79 bits per heavy atom. The zero-order valence-electron chi connectivity index (χ0n) is 14.1.